The van der Waals surface area contributed by atoms with Crippen molar-refractivity contribution in [2.75, 3.05) is 9.80 Å². The molecular weight excluding hydrogens is 1420 g/mol. The van der Waals surface area contributed by atoms with Gasteiger partial charge in [-0.25, -0.2) is 0 Å². The van der Waals surface area contributed by atoms with Crippen LogP contribution < -0.4 is 77.9 Å². The Bertz CT molecular complexity index is 6900. The van der Waals surface area contributed by atoms with E-state index in [1.54, 1.807) is 0 Å². The summed E-state index contributed by atoms with van der Waals surface area (Å²) in [5, 5.41) is 0. The fourth-order valence-corrected chi connectivity index (χ4v) is 19.5. The van der Waals surface area contributed by atoms with Crippen molar-refractivity contribution in [2.45, 2.75) is 0 Å². The van der Waals surface area contributed by atoms with Crippen LogP contribution in [0.3, 0.4) is 0 Å². The fourth-order valence-electron chi connectivity index (χ4n) is 19.5. The predicted octanol–water partition coefficient (Wildman–Crippen LogP) is 22.2. The summed E-state index contributed by atoms with van der Waals surface area (Å²) in [4.78, 5) is 5.24. The first-order valence-electron chi connectivity index (χ1n) is 40.3. The van der Waals surface area contributed by atoms with Crippen LogP contribution in [0, 0.1) is 0 Å². The lowest BCUT2D eigenvalue weighted by molar-refractivity contribution is 0.443. The Balaban J connectivity index is 0.843. The van der Waals surface area contributed by atoms with E-state index < -0.39 is 13.4 Å². The van der Waals surface area contributed by atoms with Crippen LogP contribution in [0.4, 0.5) is 34.1 Å². The van der Waals surface area contributed by atoms with Gasteiger partial charge in [-0.1, -0.05) is 358 Å². The molecule has 0 aliphatic carbocycles. The largest absolute Gasteiger partial charge is 0.459 e. The summed E-state index contributed by atoms with van der Waals surface area (Å²) in [6, 6.07) is 148. The molecule has 0 unspecified atom stereocenters. The zero-order valence-electron chi connectivity index (χ0n) is 63.4. The highest BCUT2D eigenvalue weighted by molar-refractivity contribution is 7.04. The molecule has 0 fully saturated rings. The summed E-state index contributed by atoms with van der Waals surface area (Å²) in [7, 11) is 0. The smallest absolute Gasteiger partial charge is 0.265 e. The second kappa shape index (κ2) is 26.8. The lowest BCUT2D eigenvalue weighted by Gasteiger charge is -2.47. The van der Waals surface area contributed by atoms with Crippen LogP contribution in [-0.2, 0) is 0 Å². The van der Waals surface area contributed by atoms with E-state index in [0.717, 1.165) is 206 Å². The molecule has 0 saturated carbocycles. The molecule has 0 aromatic heterocycles. The Morgan fingerprint density at radius 1 is 0.162 bits per heavy atom. The molecule has 24 rings (SSSR count). The summed E-state index contributed by atoms with van der Waals surface area (Å²) >= 11 is 0. The summed E-state index contributed by atoms with van der Waals surface area (Å²) in [6.07, 6.45) is 0. The van der Waals surface area contributed by atoms with Gasteiger partial charge in [0.15, 0.2) is 0 Å². The zero-order valence-corrected chi connectivity index (χ0v) is 63.4. The van der Waals surface area contributed by atoms with Crippen LogP contribution in [-0.4, -0.2) is 20.1 Å². The molecular formula is C108H67B3N2O4. The standard InChI is InChI=1S/C108H67B3N2O4/c1-10-30-68(31-11-1)77-54-58-94-88(60-77)109-89-61-78(69-32-12-2-13-33-69)55-59-95(89)116-108-102(109)98(114-94)67-99-104(108)111-87-57-53-80(71-36-16-4-17-37-71)65-96(87)117-107-101-93(66-97(115-99)103(107)111)113(106-84(75-44-24-8-25-45-75)50-29-51-85(106)76-46-26-9-27-47-76)92-64-81(72-38-18-5-19-39-72)63-91-100(92)110(101)86-56-52-79(70-34-14-3-15-35-70)62-90(86)112(91)105-82(73-40-20-6-21-41-73)48-28-49-83(105)74-42-22-7-23-43-74/h1-67H. The molecule has 0 radical (unpaired) electrons. The van der Waals surface area contributed by atoms with E-state index in [-0.39, 0.29) is 6.71 Å². The Morgan fingerprint density at radius 3 is 0.915 bits per heavy atom. The van der Waals surface area contributed by atoms with Crippen molar-refractivity contribution in [2.24, 2.45) is 0 Å². The quantitative estimate of drug-likeness (QED) is 0.120. The average Bonchev–Trinajstić information content (AvgIpc) is 0.673. The highest BCUT2D eigenvalue weighted by atomic mass is 16.5. The van der Waals surface area contributed by atoms with Crippen molar-refractivity contribution in [3.63, 3.8) is 0 Å². The topological polar surface area (TPSA) is 43.4 Å². The lowest BCUT2D eigenvalue weighted by Crippen LogP contribution is -2.66. The van der Waals surface area contributed by atoms with Crippen molar-refractivity contribution in [3.8, 4) is 146 Å². The van der Waals surface area contributed by atoms with Crippen molar-refractivity contribution >= 4 is 103 Å². The molecule has 18 aromatic rings. The minimum absolute atomic E-state index is 0.311. The van der Waals surface area contributed by atoms with Gasteiger partial charge in [-0.3, -0.25) is 0 Å². The van der Waals surface area contributed by atoms with Gasteiger partial charge in [0.05, 0.1) is 11.4 Å². The van der Waals surface area contributed by atoms with E-state index in [2.05, 4.69) is 416 Å². The van der Waals surface area contributed by atoms with Crippen molar-refractivity contribution in [1.82, 2.24) is 0 Å². The van der Waals surface area contributed by atoms with Crippen LogP contribution in [0.15, 0.2) is 406 Å². The van der Waals surface area contributed by atoms with Gasteiger partial charge in [0.1, 0.15) is 46.0 Å². The number of nitrogens with zero attached hydrogens (tertiary/aromatic N) is 2. The Kier molecular flexibility index (Phi) is 15.3. The molecule has 6 heterocycles. The second-order valence-corrected chi connectivity index (χ2v) is 31.1. The third-order valence-corrected chi connectivity index (χ3v) is 24.7. The SMILES string of the molecule is c1ccc(-c2ccc3c(c2)Oc2c4c(cc5c2B2c6ccc(-c7ccccc7)cc6N(c6c(-c7ccccc7)cccc6-c6ccccc6)c6cc(-c7ccccc7)cc(c62)N5c2c(-c5ccccc5)cccc2-c2ccccc2)Oc2cc5c6c(c2B34)Oc2ccc(-c3ccccc3)cc2B6c2cc(-c3ccccc3)ccc2O5)cc1. The number of hydrogen-bond donors (Lipinski definition) is 0. The minimum atomic E-state index is -0.516. The molecule has 6 nitrogen and oxygen atoms in total. The highest BCUT2D eigenvalue weighted by Crippen LogP contribution is 2.56. The minimum Gasteiger partial charge on any atom is -0.459 e. The Morgan fingerprint density at radius 2 is 0.470 bits per heavy atom. The number of benzene rings is 18. The first kappa shape index (κ1) is 66.6. The number of hydrogen-bond acceptors (Lipinski definition) is 6. The van der Waals surface area contributed by atoms with Gasteiger partial charge in [0.2, 0.25) is 0 Å². The molecule has 0 bridgehead atoms. The van der Waals surface area contributed by atoms with Gasteiger partial charge >= 0.3 is 0 Å². The maximum Gasteiger partial charge on any atom is 0.265 e. The van der Waals surface area contributed by atoms with E-state index in [9.17, 15) is 0 Å². The second-order valence-electron chi connectivity index (χ2n) is 31.1. The maximum atomic E-state index is 8.34. The predicted molar refractivity (Wildman–Crippen MR) is 485 cm³/mol. The number of para-hydroxylation sites is 2. The highest BCUT2D eigenvalue weighted by Gasteiger charge is 2.54. The third-order valence-electron chi connectivity index (χ3n) is 24.7. The van der Waals surface area contributed by atoms with E-state index in [1.165, 1.54) is 0 Å². The van der Waals surface area contributed by atoms with Gasteiger partial charge in [-0.05, 0) is 147 Å². The molecule has 9 heteroatoms. The lowest BCUT2D eigenvalue weighted by atomic mass is 9.29. The number of fused-ring (bicyclic) bond motifs is 14. The van der Waals surface area contributed by atoms with E-state index >= 15 is 0 Å². The number of rotatable bonds is 11. The van der Waals surface area contributed by atoms with E-state index in [0.29, 0.717) is 23.0 Å². The molecule has 0 N–H and O–H groups in total. The van der Waals surface area contributed by atoms with Gasteiger partial charge in [-0.15, -0.1) is 0 Å². The fraction of sp³-hybridized carbons (Fsp3) is 0. The summed E-state index contributed by atoms with van der Waals surface area (Å²) in [6.45, 7) is -1.32. The average molecular weight is 1490 g/mol. The first-order chi connectivity index (χ1) is 58.0. The van der Waals surface area contributed by atoms with Crippen molar-refractivity contribution < 1.29 is 18.9 Å². The van der Waals surface area contributed by atoms with Gasteiger partial charge in [-0.2, -0.15) is 0 Å². The van der Waals surface area contributed by atoms with Crippen LogP contribution in [0.1, 0.15) is 0 Å². The summed E-state index contributed by atoms with van der Waals surface area (Å²) in [5.41, 5.74) is 34.8. The third kappa shape index (κ3) is 10.6. The van der Waals surface area contributed by atoms with E-state index in [1.807, 2.05) is 0 Å². The molecule has 542 valence electrons. The normalized spacial score (nSPS) is 13.0. The van der Waals surface area contributed by atoms with Crippen LogP contribution >= 0.6 is 0 Å². The molecule has 0 saturated heterocycles. The molecule has 117 heavy (non-hydrogen) atoms. The van der Waals surface area contributed by atoms with Gasteiger partial charge in [0.25, 0.3) is 20.1 Å². The molecule has 6 aliphatic heterocycles. The molecule has 0 atom stereocenters. The summed E-state index contributed by atoms with van der Waals surface area (Å²) in [5.74, 6) is 5.74. The molecule has 6 aliphatic rings. The van der Waals surface area contributed by atoms with Crippen molar-refractivity contribution in [3.05, 3.63) is 406 Å². The number of anilines is 6. The van der Waals surface area contributed by atoms with Crippen LogP contribution in [0.5, 0.6) is 46.0 Å². The molecule has 0 amide bonds. The zero-order chi connectivity index (χ0) is 76.8. The molecule has 18 aromatic carbocycles. The Labute approximate surface area is 680 Å². The van der Waals surface area contributed by atoms with E-state index in [4.69, 9.17) is 18.9 Å². The molecule has 0 spiro atoms. The first-order valence-corrected chi connectivity index (χ1v) is 40.3. The van der Waals surface area contributed by atoms with Crippen LogP contribution in [0.25, 0.3) is 100 Å². The maximum absolute atomic E-state index is 8.34. The van der Waals surface area contributed by atoms with Gasteiger partial charge in [0, 0.05) is 73.5 Å². The van der Waals surface area contributed by atoms with Gasteiger partial charge < -0.3 is 28.7 Å². The Hall–Kier alpha value is -15.0. The summed E-state index contributed by atoms with van der Waals surface area (Å²) < 4.78 is 31.6. The van der Waals surface area contributed by atoms with Crippen LogP contribution in [0.2, 0.25) is 0 Å². The van der Waals surface area contributed by atoms with Crippen molar-refractivity contribution in [1.29, 1.82) is 0 Å². The monoisotopic (exact) mass is 1490 g/mol. The number of ether oxygens (including phenoxy) is 4.